The Labute approximate surface area is 202 Å². The van der Waals surface area contributed by atoms with Gasteiger partial charge in [0.1, 0.15) is 0 Å². The lowest BCUT2D eigenvalue weighted by molar-refractivity contribution is -0.145. The molecule has 1 N–H and O–H groups in total. The van der Waals surface area contributed by atoms with Crippen LogP contribution < -0.4 is 5.32 Å². The lowest BCUT2D eigenvalue weighted by Gasteiger charge is -2.14. The van der Waals surface area contributed by atoms with Crippen molar-refractivity contribution >= 4 is 5.97 Å². The quantitative estimate of drug-likeness (QED) is 0.105. The van der Waals surface area contributed by atoms with Crippen molar-refractivity contribution in [1.82, 2.24) is 5.32 Å². The Hall–Kier alpha value is -0.570. The highest BCUT2D eigenvalue weighted by Crippen LogP contribution is 2.14. The average molecular weight is 454 g/mol. The fourth-order valence-electron chi connectivity index (χ4n) is 4.29. The molecule has 0 fully saturated rings. The third-order valence-corrected chi connectivity index (χ3v) is 6.74. The van der Waals surface area contributed by atoms with Crippen LogP contribution in [0.15, 0.2) is 0 Å². The smallest absolute Gasteiger partial charge is 0.307 e. The standard InChI is InChI=1S/C29H59NO2/c1-4-7-9-10-11-12-13-14-15-16-17-18-19-20-21-22-25-30-26-24-29(31)32-27-28(6-3)23-8-5-2/h28,30H,4-27H2,1-3H3. The predicted octanol–water partition coefficient (Wildman–Crippen LogP) is 8.99. The number of esters is 1. The number of hydrogen-bond donors (Lipinski definition) is 1. The minimum atomic E-state index is -0.0422. The van der Waals surface area contributed by atoms with Crippen molar-refractivity contribution in [3.05, 3.63) is 0 Å². The Balaban J connectivity index is 3.22. The van der Waals surface area contributed by atoms with Gasteiger partial charge in [0.15, 0.2) is 0 Å². The molecule has 1 atom stereocenters. The van der Waals surface area contributed by atoms with Gasteiger partial charge in [0.05, 0.1) is 13.0 Å². The molecule has 0 aliphatic rings. The average Bonchev–Trinajstić information content (AvgIpc) is 2.80. The summed E-state index contributed by atoms with van der Waals surface area (Å²) in [5.74, 6) is 0.497. The normalized spacial score (nSPS) is 12.2. The van der Waals surface area contributed by atoms with E-state index < -0.39 is 0 Å². The van der Waals surface area contributed by atoms with E-state index in [1.807, 2.05) is 0 Å². The molecular weight excluding hydrogens is 394 g/mol. The van der Waals surface area contributed by atoms with Gasteiger partial charge in [-0.05, 0) is 25.3 Å². The van der Waals surface area contributed by atoms with Gasteiger partial charge in [-0.1, -0.05) is 136 Å². The number of hydrogen-bond acceptors (Lipinski definition) is 3. The largest absolute Gasteiger partial charge is 0.465 e. The third-order valence-electron chi connectivity index (χ3n) is 6.74. The van der Waals surface area contributed by atoms with Crippen LogP contribution in [-0.2, 0) is 9.53 Å². The van der Waals surface area contributed by atoms with E-state index in [0.29, 0.717) is 18.9 Å². The lowest BCUT2D eigenvalue weighted by atomic mass is 10.0. The van der Waals surface area contributed by atoms with Crippen molar-refractivity contribution in [2.45, 2.75) is 156 Å². The third kappa shape index (κ3) is 24.1. The van der Waals surface area contributed by atoms with Gasteiger partial charge in [0.2, 0.25) is 0 Å². The molecule has 0 aliphatic heterocycles. The zero-order valence-corrected chi connectivity index (χ0v) is 22.4. The Morgan fingerprint density at radius 2 is 1.09 bits per heavy atom. The molecule has 0 amide bonds. The summed E-state index contributed by atoms with van der Waals surface area (Å²) < 4.78 is 5.45. The molecule has 0 aromatic rings. The molecule has 0 rings (SSSR count). The predicted molar refractivity (Wildman–Crippen MR) is 141 cm³/mol. The molecular formula is C29H59NO2. The van der Waals surface area contributed by atoms with Gasteiger partial charge < -0.3 is 10.1 Å². The van der Waals surface area contributed by atoms with E-state index in [9.17, 15) is 4.79 Å². The highest BCUT2D eigenvalue weighted by atomic mass is 16.5. The molecule has 3 nitrogen and oxygen atoms in total. The maximum atomic E-state index is 11.9. The van der Waals surface area contributed by atoms with Crippen molar-refractivity contribution in [2.24, 2.45) is 5.92 Å². The first-order chi connectivity index (χ1) is 15.7. The van der Waals surface area contributed by atoms with Crippen molar-refractivity contribution in [3.8, 4) is 0 Å². The van der Waals surface area contributed by atoms with E-state index >= 15 is 0 Å². The Bertz CT molecular complexity index is 372. The molecule has 3 heteroatoms. The number of carbonyl (C=O) groups is 1. The molecule has 0 aromatic heterocycles. The van der Waals surface area contributed by atoms with E-state index in [1.54, 1.807) is 0 Å². The Morgan fingerprint density at radius 3 is 1.56 bits per heavy atom. The zero-order chi connectivity index (χ0) is 23.5. The molecule has 1 unspecified atom stereocenters. The second kappa shape index (κ2) is 26.7. The van der Waals surface area contributed by atoms with Crippen LogP contribution >= 0.6 is 0 Å². The van der Waals surface area contributed by atoms with Gasteiger partial charge in [-0.2, -0.15) is 0 Å². The van der Waals surface area contributed by atoms with Crippen LogP contribution in [0.3, 0.4) is 0 Å². The van der Waals surface area contributed by atoms with Crippen LogP contribution in [0.5, 0.6) is 0 Å². The van der Waals surface area contributed by atoms with Gasteiger partial charge >= 0.3 is 5.97 Å². The minimum Gasteiger partial charge on any atom is -0.465 e. The number of ether oxygens (including phenoxy) is 1. The Morgan fingerprint density at radius 1 is 0.625 bits per heavy atom. The van der Waals surface area contributed by atoms with Gasteiger partial charge in [-0.25, -0.2) is 0 Å². The summed E-state index contributed by atoms with van der Waals surface area (Å²) in [5.41, 5.74) is 0. The summed E-state index contributed by atoms with van der Waals surface area (Å²) >= 11 is 0. The maximum Gasteiger partial charge on any atom is 0.307 e. The highest BCUT2D eigenvalue weighted by Gasteiger charge is 2.09. The molecule has 192 valence electrons. The van der Waals surface area contributed by atoms with Crippen molar-refractivity contribution in [2.75, 3.05) is 19.7 Å². The molecule has 0 saturated heterocycles. The van der Waals surface area contributed by atoms with E-state index in [-0.39, 0.29) is 5.97 Å². The first kappa shape index (κ1) is 31.4. The summed E-state index contributed by atoms with van der Waals surface area (Å²) in [5, 5.41) is 3.40. The fraction of sp³-hybridized carbons (Fsp3) is 0.966. The van der Waals surface area contributed by atoms with Gasteiger partial charge in [0, 0.05) is 6.54 Å². The summed E-state index contributed by atoms with van der Waals surface area (Å²) in [7, 11) is 0. The second-order valence-electron chi connectivity index (χ2n) is 9.90. The zero-order valence-electron chi connectivity index (χ0n) is 22.4. The number of unbranched alkanes of at least 4 members (excludes halogenated alkanes) is 16. The first-order valence-corrected chi connectivity index (χ1v) is 14.6. The first-order valence-electron chi connectivity index (χ1n) is 14.6. The van der Waals surface area contributed by atoms with E-state index in [0.717, 1.165) is 19.5 Å². The number of nitrogens with one attached hydrogen (secondary N) is 1. The lowest BCUT2D eigenvalue weighted by Crippen LogP contribution is -2.21. The number of rotatable bonds is 26. The van der Waals surface area contributed by atoms with Gasteiger partial charge in [-0.15, -0.1) is 0 Å². The van der Waals surface area contributed by atoms with Gasteiger partial charge in [0.25, 0.3) is 0 Å². The topological polar surface area (TPSA) is 38.3 Å². The van der Waals surface area contributed by atoms with Gasteiger partial charge in [-0.3, -0.25) is 4.79 Å². The van der Waals surface area contributed by atoms with Crippen LogP contribution in [-0.4, -0.2) is 25.7 Å². The summed E-state index contributed by atoms with van der Waals surface area (Å²) in [4.78, 5) is 11.9. The minimum absolute atomic E-state index is 0.0422. The molecule has 0 saturated carbocycles. The van der Waals surface area contributed by atoms with Crippen LogP contribution in [0.25, 0.3) is 0 Å². The molecule has 0 aliphatic carbocycles. The molecule has 0 radical (unpaired) electrons. The van der Waals surface area contributed by atoms with Crippen LogP contribution in [0.4, 0.5) is 0 Å². The second-order valence-corrected chi connectivity index (χ2v) is 9.90. The summed E-state index contributed by atoms with van der Waals surface area (Å²) in [6, 6.07) is 0. The summed E-state index contributed by atoms with van der Waals surface area (Å²) in [6.45, 7) is 9.08. The molecule has 0 aromatic carbocycles. The van der Waals surface area contributed by atoms with Crippen molar-refractivity contribution in [1.29, 1.82) is 0 Å². The summed E-state index contributed by atoms with van der Waals surface area (Å²) in [6.07, 6.45) is 27.7. The maximum absolute atomic E-state index is 11.9. The molecule has 0 spiro atoms. The van der Waals surface area contributed by atoms with E-state index in [1.165, 1.54) is 122 Å². The molecule has 32 heavy (non-hydrogen) atoms. The SMILES string of the molecule is CCCCCCCCCCCCCCCCCCNCCC(=O)OCC(CC)CCCC. The van der Waals surface area contributed by atoms with E-state index in [2.05, 4.69) is 26.1 Å². The van der Waals surface area contributed by atoms with Crippen LogP contribution in [0.1, 0.15) is 156 Å². The van der Waals surface area contributed by atoms with Crippen LogP contribution in [0, 0.1) is 5.92 Å². The highest BCUT2D eigenvalue weighted by molar-refractivity contribution is 5.69. The monoisotopic (exact) mass is 453 g/mol. The van der Waals surface area contributed by atoms with Crippen molar-refractivity contribution < 1.29 is 9.53 Å². The van der Waals surface area contributed by atoms with Crippen molar-refractivity contribution in [3.63, 3.8) is 0 Å². The fourth-order valence-corrected chi connectivity index (χ4v) is 4.29. The Kier molecular flexibility index (Phi) is 26.2. The molecule has 0 bridgehead atoms. The number of carbonyl (C=O) groups excluding carboxylic acids is 1. The molecule has 0 heterocycles. The van der Waals surface area contributed by atoms with E-state index in [4.69, 9.17) is 4.74 Å². The van der Waals surface area contributed by atoms with Crippen LogP contribution in [0.2, 0.25) is 0 Å².